The summed E-state index contributed by atoms with van der Waals surface area (Å²) in [5.74, 6) is -0.337. The van der Waals surface area contributed by atoms with Crippen LogP contribution in [-0.4, -0.2) is 22.9 Å². The number of halogens is 1. The van der Waals surface area contributed by atoms with Gasteiger partial charge in [0.1, 0.15) is 9.71 Å². The fraction of sp³-hybridized carbons (Fsp3) is 0.143. The number of aromatic nitrogens is 2. The van der Waals surface area contributed by atoms with Crippen LogP contribution in [0.25, 0.3) is 15.9 Å². The van der Waals surface area contributed by atoms with Crippen LogP contribution in [0.5, 0.6) is 0 Å². The van der Waals surface area contributed by atoms with E-state index in [2.05, 4.69) is 5.10 Å². The van der Waals surface area contributed by atoms with E-state index in [4.69, 9.17) is 16.3 Å². The minimum Gasteiger partial charge on any atom is -0.465 e. The van der Waals surface area contributed by atoms with Crippen molar-refractivity contribution in [2.24, 2.45) is 0 Å². The number of hydrogen-bond donors (Lipinski definition) is 0. The summed E-state index contributed by atoms with van der Waals surface area (Å²) in [4.78, 5) is 13.1. The zero-order valence-electron chi connectivity index (χ0n) is 10.9. The Morgan fingerprint density at radius 1 is 1.40 bits per heavy atom. The number of benzene rings is 1. The molecule has 0 unspecified atom stereocenters. The van der Waals surface area contributed by atoms with Crippen molar-refractivity contribution >= 4 is 39.1 Å². The normalized spacial score (nSPS) is 10.9. The molecule has 6 heteroatoms. The first-order valence-electron chi connectivity index (χ1n) is 5.94. The van der Waals surface area contributed by atoms with Crippen LogP contribution in [0.1, 0.15) is 15.4 Å². The summed E-state index contributed by atoms with van der Waals surface area (Å²) in [5, 5.41) is 6.05. The van der Waals surface area contributed by atoms with E-state index < -0.39 is 0 Å². The molecule has 102 valence electrons. The van der Waals surface area contributed by atoms with E-state index >= 15 is 0 Å². The second kappa shape index (κ2) is 4.92. The quantitative estimate of drug-likeness (QED) is 0.676. The molecule has 3 rings (SSSR count). The van der Waals surface area contributed by atoms with Crippen LogP contribution in [0, 0.1) is 6.92 Å². The lowest BCUT2D eigenvalue weighted by molar-refractivity contribution is 0.0606. The molecule has 20 heavy (non-hydrogen) atoms. The van der Waals surface area contributed by atoms with Gasteiger partial charge in [-0.25, -0.2) is 9.48 Å². The van der Waals surface area contributed by atoms with Crippen molar-refractivity contribution in [2.45, 2.75) is 6.92 Å². The monoisotopic (exact) mass is 306 g/mol. The lowest BCUT2D eigenvalue weighted by atomic mass is 10.3. The predicted octanol–water partition coefficient (Wildman–Crippen LogP) is 3.84. The van der Waals surface area contributed by atoms with Gasteiger partial charge in [0, 0.05) is 5.39 Å². The number of aryl methyl sites for hydroxylation is 1. The van der Waals surface area contributed by atoms with Gasteiger partial charge in [-0.1, -0.05) is 23.7 Å². The summed E-state index contributed by atoms with van der Waals surface area (Å²) in [6.07, 6.45) is 0. The molecule has 0 amide bonds. The number of hydrogen-bond acceptors (Lipinski definition) is 4. The highest BCUT2D eigenvalue weighted by Crippen LogP contribution is 2.32. The molecule has 3 aromatic rings. The molecule has 2 aromatic heterocycles. The topological polar surface area (TPSA) is 44.1 Å². The molecule has 4 nitrogen and oxygen atoms in total. The Kier molecular flexibility index (Phi) is 3.23. The first-order chi connectivity index (χ1) is 9.61. The molecule has 0 spiro atoms. The molecular weight excluding hydrogens is 296 g/mol. The third kappa shape index (κ3) is 1.99. The van der Waals surface area contributed by atoms with Crippen molar-refractivity contribution < 1.29 is 9.53 Å². The van der Waals surface area contributed by atoms with E-state index in [0.29, 0.717) is 9.90 Å². The third-order valence-electron chi connectivity index (χ3n) is 3.01. The summed E-state index contributed by atoms with van der Waals surface area (Å²) in [5.41, 5.74) is 1.65. The number of rotatable bonds is 2. The molecule has 0 radical (unpaired) electrons. The average molecular weight is 307 g/mol. The number of nitrogens with zero attached hydrogens (tertiary/aromatic N) is 2. The SMILES string of the molecule is COC(=O)c1cc2c(C)nn(-c3ccccc3Cl)c2s1. The maximum atomic E-state index is 11.6. The van der Waals surface area contributed by atoms with Crippen LogP contribution in [0.4, 0.5) is 0 Å². The minimum atomic E-state index is -0.337. The Bertz CT molecular complexity index is 807. The van der Waals surface area contributed by atoms with Crippen LogP contribution in [0.2, 0.25) is 5.02 Å². The van der Waals surface area contributed by atoms with Crippen molar-refractivity contribution in [1.82, 2.24) is 9.78 Å². The van der Waals surface area contributed by atoms with Crippen molar-refractivity contribution in [3.05, 3.63) is 45.9 Å². The largest absolute Gasteiger partial charge is 0.465 e. The molecule has 2 heterocycles. The first-order valence-corrected chi connectivity index (χ1v) is 7.13. The number of methoxy groups -OCH3 is 1. The van der Waals surface area contributed by atoms with Gasteiger partial charge in [-0.15, -0.1) is 11.3 Å². The van der Waals surface area contributed by atoms with Gasteiger partial charge < -0.3 is 4.74 Å². The first kappa shape index (κ1) is 13.1. The summed E-state index contributed by atoms with van der Waals surface area (Å²) >= 11 is 7.57. The average Bonchev–Trinajstić information content (AvgIpc) is 3.00. The number of para-hydroxylation sites is 1. The molecule has 0 fully saturated rings. The summed E-state index contributed by atoms with van der Waals surface area (Å²) in [6, 6.07) is 9.29. The van der Waals surface area contributed by atoms with E-state index in [-0.39, 0.29) is 5.97 Å². The van der Waals surface area contributed by atoms with E-state index in [1.807, 2.05) is 37.3 Å². The van der Waals surface area contributed by atoms with Crippen molar-refractivity contribution in [3.63, 3.8) is 0 Å². The van der Waals surface area contributed by atoms with Crippen LogP contribution >= 0.6 is 22.9 Å². The van der Waals surface area contributed by atoms with Gasteiger partial charge in [-0.3, -0.25) is 0 Å². The minimum absolute atomic E-state index is 0.337. The van der Waals surface area contributed by atoms with E-state index in [1.54, 1.807) is 4.68 Å². The predicted molar refractivity (Wildman–Crippen MR) is 80.0 cm³/mol. The molecule has 0 atom stereocenters. The second-order valence-electron chi connectivity index (χ2n) is 4.27. The fourth-order valence-corrected chi connectivity index (χ4v) is 3.34. The van der Waals surface area contributed by atoms with Crippen LogP contribution < -0.4 is 0 Å². The Morgan fingerprint density at radius 3 is 2.85 bits per heavy atom. The van der Waals surface area contributed by atoms with Gasteiger partial charge in [0.05, 0.1) is 23.5 Å². The molecule has 0 aliphatic carbocycles. The van der Waals surface area contributed by atoms with Gasteiger partial charge in [-0.2, -0.15) is 5.10 Å². The maximum absolute atomic E-state index is 11.6. The summed E-state index contributed by atoms with van der Waals surface area (Å²) in [7, 11) is 1.37. The highest BCUT2D eigenvalue weighted by molar-refractivity contribution is 7.20. The Hall–Kier alpha value is -1.85. The van der Waals surface area contributed by atoms with Gasteiger partial charge in [-0.05, 0) is 25.1 Å². The zero-order valence-corrected chi connectivity index (χ0v) is 12.5. The fourth-order valence-electron chi connectivity index (χ4n) is 2.04. The molecule has 0 saturated carbocycles. The van der Waals surface area contributed by atoms with Crippen LogP contribution in [0.3, 0.4) is 0 Å². The Labute approximate surface area is 124 Å². The Balaban J connectivity index is 2.24. The Morgan fingerprint density at radius 2 is 2.15 bits per heavy atom. The maximum Gasteiger partial charge on any atom is 0.348 e. The van der Waals surface area contributed by atoms with Gasteiger partial charge in [0.2, 0.25) is 0 Å². The molecule has 1 aromatic carbocycles. The smallest absolute Gasteiger partial charge is 0.348 e. The number of thiophene rings is 1. The standard InChI is InChI=1S/C14H11ClN2O2S/c1-8-9-7-12(14(18)19-2)20-13(9)17(16-8)11-6-4-3-5-10(11)15/h3-7H,1-2H3. The summed E-state index contributed by atoms with van der Waals surface area (Å²) in [6.45, 7) is 1.91. The molecule has 0 aliphatic heterocycles. The van der Waals surface area contributed by atoms with Crippen molar-refractivity contribution in [2.75, 3.05) is 7.11 Å². The van der Waals surface area contributed by atoms with Crippen molar-refractivity contribution in [1.29, 1.82) is 0 Å². The number of fused-ring (bicyclic) bond motifs is 1. The molecule has 0 N–H and O–H groups in total. The highest BCUT2D eigenvalue weighted by Gasteiger charge is 2.18. The molecule has 0 aliphatic rings. The van der Waals surface area contributed by atoms with Crippen LogP contribution in [0.15, 0.2) is 30.3 Å². The van der Waals surface area contributed by atoms with E-state index in [1.165, 1.54) is 18.4 Å². The van der Waals surface area contributed by atoms with E-state index in [0.717, 1.165) is 21.6 Å². The summed E-state index contributed by atoms with van der Waals surface area (Å²) < 4.78 is 6.53. The lowest BCUT2D eigenvalue weighted by Gasteiger charge is -2.04. The lowest BCUT2D eigenvalue weighted by Crippen LogP contribution is -1.98. The number of ether oxygens (including phenoxy) is 1. The van der Waals surface area contributed by atoms with Crippen LogP contribution in [-0.2, 0) is 4.74 Å². The van der Waals surface area contributed by atoms with Gasteiger partial charge in [0.25, 0.3) is 0 Å². The second-order valence-corrected chi connectivity index (χ2v) is 5.71. The van der Waals surface area contributed by atoms with Gasteiger partial charge >= 0.3 is 5.97 Å². The molecular formula is C14H11ClN2O2S. The zero-order chi connectivity index (χ0) is 14.3. The third-order valence-corrected chi connectivity index (χ3v) is 4.42. The number of carbonyl (C=O) groups excluding carboxylic acids is 1. The number of esters is 1. The van der Waals surface area contributed by atoms with E-state index in [9.17, 15) is 4.79 Å². The molecule has 0 saturated heterocycles. The highest BCUT2D eigenvalue weighted by atomic mass is 35.5. The van der Waals surface area contributed by atoms with Gasteiger partial charge in [0.15, 0.2) is 0 Å². The van der Waals surface area contributed by atoms with Crippen molar-refractivity contribution in [3.8, 4) is 5.69 Å². The molecule has 0 bridgehead atoms. The number of carbonyl (C=O) groups is 1.